The lowest BCUT2D eigenvalue weighted by atomic mass is 9.96. The van der Waals surface area contributed by atoms with Crippen molar-refractivity contribution in [3.05, 3.63) is 45.5 Å². The van der Waals surface area contributed by atoms with Crippen LogP contribution in [0.5, 0.6) is 0 Å². The molecule has 0 aliphatic carbocycles. The normalized spacial score (nSPS) is 15.8. The number of carbonyl (C=O) groups excluding carboxylic acids is 1. The molecule has 7 nitrogen and oxygen atoms in total. The zero-order valence-electron chi connectivity index (χ0n) is 15.6. The minimum absolute atomic E-state index is 0.0128. The Morgan fingerprint density at radius 1 is 1.29 bits per heavy atom. The van der Waals surface area contributed by atoms with Gasteiger partial charge in [-0.2, -0.15) is 13.2 Å². The number of alkyl halides is 3. The van der Waals surface area contributed by atoms with Gasteiger partial charge in [-0.3, -0.25) is 14.2 Å². The van der Waals surface area contributed by atoms with E-state index in [0.717, 1.165) is 11.9 Å². The second-order valence-electron chi connectivity index (χ2n) is 7.07. The van der Waals surface area contributed by atoms with E-state index in [9.17, 15) is 22.8 Å². The molecule has 28 heavy (non-hydrogen) atoms. The van der Waals surface area contributed by atoms with Gasteiger partial charge in [0.1, 0.15) is 5.76 Å². The number of hydrogen-bond donors (Lipinski definition) is 0. The van der Waals surface area contributed by atoms with Gasteiger partial charge in [0, 0.05) is 31.3 Å². The Bertz CT molecular complexity index is 892. The fourth-order valence-corrected chi connectivity index (χ4v) is 3.38. The minimum atomic E-state index is -4.63. The first-order valence-corrected chi connectivity index (χ1v) is 8.98. The summed E-state index contributed by atoms with van der Waals surface area (Å²) in [4.78, 5) is 29.5. The number of nitrogens with zero attached hydrogens (tertiary/aromatic N) is 4. The van der Waals surface area contributed by atoms with Gasteiger partial charge in [0.2, 0.25) is 5.91 Å². The minimum Gasteiger partial charge on any atom is -0.361 e. The second-order valence-corrected chi connectivity index (χ2v) is 7.07. The van der Waals surface area contributed by atoms with E-state index in [4.69, 9.17) is 4.52 Å². The number of piperidine rings is 1. The molecule has 1 aliphatic heterocycles. The number of amides is 1. The van der Waals surface area contributed by atoms with Gasteiger partial charge in [-0.1, -0.05) is 5.16 Å². The molecule has 0 radical (unpaired) electrons. The molecule has 1 aliphatic rings. The number of rotatable bonds is 4. The molecule has 0 N–H and O–H groups in total. The van der Waals surface area contributed by atoms with Crippen LogP contribution in [0.3, 0.4) is 0 Å². The smallest absolute Gasteiger partial charge is 0.361 e. The third-order valence-electron chi connectivity index (χ3n) is 5.10. The summed E-state index contributed by atoms with van der Waals surface area (Å²) in [5.41, 5.74) is -0.405. The molecule has 0 bridgehead atoms. The lowest BCUT2D eigenvalue weighted by Gasteiger charge is -2.32. The van der Waals surface area contributed by atoms with Crippen LogP contribution in [0.15, 0.2) is 21.7 Å². The molecule has 0 saturated carbocycles. The van der Waals surface area contributed by atoms with Crippen molar-refractivity contribution in [1.29, 1.82) is 0 Å². The van der Waals surface area contributed by atoms with E-state index in [2.05, 4.69) is 10.1 Å². The van der Waals surface area contributed by atoms with Crippen molar-refractivity contribution in [1.82, 2.24) is 19.6 Å². The SMILES string of the molecule is Cc1noc(C)c1CC(=O)N1CCC(Cn2cnc(C(F)(F)F)cc2=O)CC1. The van der Waals surface area contributed by atoms with Crippen LogP contribution in [0.4, 0.5) is 13.2 Å². The molecule has 0 unspecified atom stereocenters. The summed E-state index contributed by atoms with van der Waals surface area (Å²) in [5, 5.41) is 3.85. The summed E-state index contributed by atoms with van der Waals surface area (Å²) in [5.74, 6) is 0.718. The molecule has 3 rings (SSSR count). The molecular formula is C18H21F3N4O3. The number of aryl methyl sites for hydroxylation is 2. The van der Waals surface area contributed by atoms with Crippen molar-refractivity contribution in [3.63, 3.8) is 0 Å². The topological polar surface area (TPSA) is 81.2 Å². The zero-order valence-corrected chi connectivity index (χ0v) is 15.6. The Labute approximate surface area is 159 Å². The summed E-state index contributed by atoms with van der Waals surface area (Å²) >= 11 is 0. The Morgan fingerprint density at radius 2 is 1.96 bits per heavy atom. The highest BCUT2D eigenvalue weighted by Crippen LogP contribution is 2.26. The van der Waals surface area contributed by atoms with E-state index in [1.54, 1.807) is 18.7 Å². The van der Waals surface area contributed by atoms with E-state index >= 15 is 0 Å². The highest BCUT2D eigenvalue weighted by atomic mass is 19.4. The third-order valence-corrected chi connectivity index (χ3v) is 5.10. The van der Waals surface area contributed by atoms with Crippen LogP contribution in [-0.2, 0) is 23.9 Å². The maximum Gasteiger partial charge on any atom is 0.433 e. The summed E-state index contributed by atoms with van der Waals surface area (Å²) < 4.78 is 44.1. The average molecular weight is 398 g/mol. The van der Waals surface area contributed by atoms with Crippen LogP contribution in [0.2, 0.25) is 0 Å². The van der Waals surface area contributed by atoms with Crippen LogP contribution < -0.4 is 5.56 Å². The monoisotopic (exact) mass is 398 g/mol. The average Bonchev–Trinajstić information content (AvgIpc) is 2.95. The summed E-state index contributed by atoms with van der Waals surface area (Å²) in [7, 11) is 0. The number of carbonyl (C=O) groups is 1. The van der Waals surface area contributed by atoms with Crippen molar-refractivity contribution in [2.75, 3.05) is 13.1 Å². The molecule has 10 heteroatoms. The van der Waals surface area contributed by atoms with Crippen LogP contribution >= 0.6 is 0 Å². The third kappa shape index (κ3) is 4.42. The van der Waals surface area contributed by atoms with Crippen LogP contribution in [0, 0.1) is 19.8 Å². The summed E-state index contributed by atoms with van der Waals surface area (Å²) in [6.45, 7) is 4.92. The molecule has 0 atom stereocenters. The van der Waals surface area contributed by atoms with Crippen LogP contribution in [-0.4, -0.2) is 38.6 Å². The van der Waals surface area contributed by atoms with Gasteiger partial charge in [-0.25, -0.2) is 4.98 Å². The number of hydrogen-bond acceptors (Lipinski definition) is 5. The van der Waals surface area contributed by atoms with Crippen molar-refractivity contribution < 1.29 is 22.5 Å². The van der Waals surface area contributed by atoms with E-state index in [1.807, 2.05) is 0 Å². The van der Waals surface area contributed by atoms with Gasteiger partial charge in [-0.15, -0.1) is 0 Å². The molecule has 0 spiro atoms. The Kier molecular flexibility index (Phi) is 5.57. The molecular weight excluding hydrogens is 377 g/mol. The molecule has 3 heterocycles. The van der Waals surface area contributed by atoms with Gasteiger partial charge in [0.15, 0.2) is 5.69 Å². The molecule has 1 saturated heterocycles. The number of likely N-dealkylation sites (tertiary alicyclic amines) is 1. The predicted molar refractivity (Wildman–Crippen MR) is 92.5 cm³/mol. The fraction of sp³-hybridized carbons (Fsp3) is 0.556. The first kappa shape index (κ1) is 20.1. The number of aromatic nitrogens is 3. The quantitative estimate of drug-likeness (QED) is 0.790. The van der Waals surface area contributed by atoms with Gasteiger partial charge in [-0.05, 0) is 32.6 Å². The van der Waals surface area contributed by atoms with Crippen molar-refractivity contribution in [3.8, 4) is 0 Å². The largest absolute Gasteiger partial charge is 0.433 e. The molecule has 1 amide bonds. The fourth-order valence-electron chi connectivity index (χ4n) is 3.38. The molecule has 2 aromatic rings. The Hall–Kier alpha value is -2.65. The van der Waals surface area contributed by atoms with Gasteiger partial charge in [0.25, 0.3) is 5.56 Å². The first-order chi connectivity index (χ1) is 13.1. The van der Waals surface area contributed by atoms with Crippen LogP contribution in [0.1, 0.15) is 35.6 Å². The van der Waals surface area contributed by atoms with E-state index in [1.165, 1.54) is 4.57 Å². The lowest BCUT2D eigenvalue weighted by Crippen LogP contribution is -2.41. The second kappa shape index (κ2) is 7.76. The van der Waals surface area contributed by atoms with Crippen molar-refractivity contribution in [2.45, 2.75) is 45.8 Å². The Balaban J connectivity index is 1.56. The van der Waals surface area contributed by atoms with Crippen LogP contribution in [0.25, 0.3) is 0 Å². The number of halogens is 3. The standard InChI is InChI=1S/C18H21F3N4O3/c1-11-14(12(2)28-23-11)7-16(26)24-5-3-13(4-6-24)9-25-10-22-15(8-17(25)27)18(19,20)21/h8,10,13H,3-7,9H2,1-2H3. The molecule has 0 aromatic carbocycles. The lowest BCUT2D eigenvalue weighted by molar-refractivity contribution is -0.141. The highest BCUT2D eigenvalue weighted by Gasteiger charge is 2.33. The van der Waals surface area contributed by atoms with Gasteiger partial charge in [0.05, 0.1) is 18.4 Å². The van der Waals surface area contributed by atoms with E-state index in [0.29, 0.717) is 43.5 Å². The maximum atomic E-state index is 12.6. The zero-order chi connectivity index (χ0) is 20.5. The first-order valence-electron chi connectivity index (χ1n) is 8.98. The van der Waals surface area contributed by atoms with Gasteiger partial charge >= 0.3 is 6.18 Å². The molecule has 1 fully saturated rings. The Morgan fingerprint density at radius 3 is 2.50 bits per heavy atom. The predicted octanol–water partition coefficient (Wildman–Crippen LogP) is 2.35. The van der Waals surface area contributed by atoms with E-state index < -0.39 is 17.4 Å². The molecule has 152 valence electrons. The highest BCUT2D eigenvalue weighted by molar-refractivity contribution is 5.79. The van der Waals surface area contributed by atoms with E-state index in [-0.39, 0.29) is 24.8 Å². The summed E-state index contributed by atoms with van der Waals surface area (Å²) in [6.07, 6.45) is -2.12. The van der Waals surface area contributed by atoms with Gasteiger partial charge < -0.3 is 9.42 Å². The van der Waals surface area contributed by atoms with Crippen molar-refractivity contribution >= 4 is 5.91 Å². The molecule has 2 aromatic heterocycles. The maximum absolute atomic E-state index is 12.6. The summed E-state index contributed by atoms with van der Waals surface area (Å²) in [6, 6.07) is 0.516. The van der Waals surface area contributed by atoms with Crippen molar-refractivity contribution in [2.24, 2.45) is 5.92 Å².